The predicted octanol–water partition coefficient (Wildman–Crippen LogP) is 1.90. The van der Waals surface area contributed by atoms with E-state index in [1.165, 1.54) is 10.6 Å². The first-order valence-corrected chi connectivity index (χ1v) is 5.81. The van der Waals surface area contributed by atoms with E-state index in [9.17, 15) is 9.59 Å². The lowest BCUT2D eigenvalue weighted by molar-refractivity contribution is 0.489. The van der Waals surface area contributed by atoms with Gasteiger partial charge in [0.1, 0.15) is 11.3 Å². The molecule has 0 aliphatic rings. The topological polar surface area (TPSA) is 65.3 Å². The zero-order valence-corrected chi connectivity index (χ0v) is 10.3. The molecule has 0 unspecified atom stereocenters. The van der Waals surface area contributed by atoms with Gasteiger partial charge in [0.05, 0.1) is 18.2 Å². The lowest BCUT2D eigenvalue weighted by Crippen LogP contribution is -2.21. The van der Waals surface area contributed by atoms with Crippen molar-refractivity contribution >= 4 is 11.0 Å². The molecule has 0 fully saturated rings. The molecular formula is C14H11NO4. The SMILES string of the molecule is Cc1cc(=O)oc2ccn(Cc3ccco3)c(=O)c12. The number of aromatic nitrogens is 1. The van der Waals surface area contributed by atoms with E-state index in [0.717, 1.165) is 0 Å². The van der Waals surface area contributed by atoms with Gasteiger partial charge in [-0.2, -0.15) is 0 Å². The zero-order chi connectivity index (χ0) is 13.4. The minimum atomic E-state index is -0.451. The molecule has 19 heavy (non-hydrogen) atoms. The Hall–Kier alpha value is -2.56. The van der Waals surface area contributed by atoms with Crippen LogP contribution in [0.15, 0.2) is 55.1 Å². The van der Waals surface area contributed by atoms with E-state index in [-0.39, 0.29) is 5.56 Å². The maximum absolute atomic E-state index is 12.3. The molecule has 5 heteroatoms. The molecule has 0 saturated heterocycles. The van der Waals surface area contributed by atoms with Crippen LogP contribution in [0, 0.1) is 6.92 Å². The fourth-order valence-corrected chi connectivity index (χ4v) is 2.09. The normalized spacial score (nSPS) is 11.0. The fraction of sp³-hybridized carbons (Fsp3) is 0.143. The van der Waals surface area contributed by atoms with Crippen molar-refractivity contribution in [1.29, 1.82) is 0 Å². The van der Waals surface area contributed by atoms with Crippen LogP contribution in [0.4, 0.5) is 0 Å². The molecule has 0 amide bonds. The fourth-order valence-electron chi connectivity index (χ4n) is 2.09. The molecule has 0 saturated carbocycles. The minimum absolute atomic E-state index is 0.199. The Morgan fingerprint density at radius 3 is 2.84 bits per heavy atom. The van der Waals surface area contributed by atoms with Crippen molar-refractivity contribution in [1.82, 2.24) is 4.57 Å². The summed E-state index contributed by atoms with van der Waals surface area (Å²) in [4.78, 5) is 23.6. The average molecular weight is 257 g/mol. The quantitative estimate of drug-likeness (QED) is 0.703. The Morgan fingerprint density at radius 2 is 2.11 bits per heavy atom. The van der Waals surface area contributed by atoms with Gasteiger partial charge in [-0.15, -0.1) is 0 Å². The van der Waals surface area contributed by atoms with Gasteiger partial charge in [0.25, 0.3) is 5.56 Å². The maximum Gasteiger partial charge on any atom is 0.336 e. The number of fused-ring (bicyclic) bond motifs is 1. The molecule has 0 aliphatic heterocycles. The van der Waals surface area contributed by atoms with Crippen LogP contribution in [0.3, 0.4) is 0 Å². The van der Waals surface area contributed by atoms with Gasteiger partial charge in [0.2, 0.25) is 0 Å². The van der Waals surface area contributed by atoms with Crippen LogP contribution < -0.4 is 11.2 Å². The molecule has 0 N–H and O–H groups in total. The van der Waals surface area contributed by atoms with Gasteiger partial charge >= 0.3 is 5.63 Å². The Balaban J connectivity index is 2.21. The van der Waals surface area contributed by atoms with Crippen molar-refractivity contribution in [3.8, 4) is 0 Å². The second-order valence-electron chi connectivity index (χ2n) is 4.32. The summed E-state index contributed by atoms with van der Waals surface area (Å²) in [6.07, 6.45) is 3.15. The van der Waals surface area contributed by atoms with Gasteiger partial charge in [-0.1, -0.05) is 0 Å². The monoisotopic (exact) mass is 257 g/mol. The van der Waals surface area contributed by atoms with Crippen LogP contribution >= 0.6 is 0 Å². The highest BCUT2D eigenvalue weighted by Crippen LogP contribution is 2.12. The molecule has 0 atom stereocenters. The lowest BCUT2D eigenvalue weighted by Gasteiger charge is -2.06. The Labute approximate surface area is 107 Å². The van der Waals surface area contributed by atoms with Crippen LogP contribution in [-0.4, -0.2) is 4.57 Å². The van der Waals surface area contributed by atoms with Crippen molar-refractivity contribution in [2.24, 2.45) is 0 Å². The molecule has 0 aliphatic carbocycles. The predicted molar refractivity (Wildman–Crippen MR) is 69.3 cm³/mol. The van der Waals surface area contributed by atoms with Crippen molar-refractivity contribution in [3.05, 3.63) is 68.8 Å². The number of aryl methyl sites for hydroxylation is 1. The first-order chi connectivity index (χ1) is 9.15. The van der Waals surface area contributed by atoms with Gasteiger partial charge in [-0.05, 0) is 30.7 Å². The van der Waals surface area contributed by atoms with E-state index >= 15 is 0 Å². The number of hydrogen-bond acceptors (Lipinski definition) is 4. The summed E-state index contributed by atoms with van der Waals surface area (Å²) >= 11 is 0. The number of hydrogen-bond donors (Lipinski definition) is 0. The highest BCUT2D eigenvalue weighted by atomic mass is 16.4. The number of nitrogens with zero attached hydrogens (tertiary/aromatic N) is 1. The van der Waals surface area contributed by atoms with Gasteiger partial charge < -0.3 is 13.4 Å². The molecule has 0 radical (unpaired) electrons. The highest BCUT2D eigenvalue weighted by Gasteiger charge is 2.09. The van der Waals surface area contributed by atoms with Gasteiger partial charge in [0.15, 0.2) is 0 Å². The third kappa shape index (κ3) is 1.99. The summed E-state index contributed by atoms with van der Waals surface area (Å²) < 4.78 is 11.8. The summed E-state index contributed by atoms with van der Waals surface area (Å²) in [5.74, 6) is 0.691. The smallest absolute Gasteiger partial charge is 0.336 e. The van der Waals surface area contributed by atoms with Crippen molar-refractivity contribution < 1.29 is 8.83 Å². The molecule has 3 aromatic heterocycles. The van der Waals surface area contributed by atoms with E-state index in [0.29, 0.717) is 28.8 Å². The summed E-state index contributed by atoms with van der Waals surface area (Å²) in [5, 5.41) is 0.425. The second kappa shape index (κ2) is 4.28. The van der Waals surface area contributed by atoms with Crippen LogP contribution in [0.1, 0.15) is 11.3 Å². The summed E-state index contributed by atoms with van der Waals surface area (Å²) in [5.41, 5.74) is 0.277. The first-order valence-electron chi connectivity index (χ1n) is 5.81. The molecule has 0 aromatic carbocycles. The minimum Gasteiger partial charge on any atom is -0.467 e. The lowest BCUT2D eigenvalue weighted by atomic mass is 10.2. The first kappa shape index (κ1) is 11.5. The highest BCUT2D eigenvalue weighted by molar-refractivity contribution is 5.78. The van der Waals surface area contributed by atoms with E-state index in [1.54, 1.807) is 37.6 Å². The number of pyridine rings is 1. The molecule has 3 aromatic rings. The average Bonchev–Trinajstić information content (AvgIpc) is 2.85. The Kier molecular flexibility index (Phi) is 2.59. The number of furan rings is 1. The van der Waals surface area contributed by atoms with Crippen LogP contribution in [0.5, 0.6) is 0 Å². The van der Waals surface area contributed by atoms with Gasteiger partial charge in [0, 0.05) is 12.3 Å². The van der Waals surface area contributed by atoms with Crippen LogP contribution in [-0.2, 0) is 6.54 Å². The summed E-state index contributed by atoms with van der Waals surface area (Å²) in [6.45, 7) is 2.07. The summed E-state index contributed by atoms with van der Waals surface area (Å²) in [6, 6.07) is 6.51. The molecule has 5 nitrogen and oxygen atoms in total. The van der Waals surface area contributed by atoms with E-state index in [4.69, 9.17) is 8.83 Å². The van der Waals surface area contributed by atoms with E-state index < -0.39 is 5.63 Å². The standard InChI is InChI=1S/C14H11NO4/c1-9-7-12(16)19-11-4-5-15(14(17)13(9)11)8-10-3-2-6-18-10/h2-7H,8H2,1H3. The Morgan fingerprint density at radius 1 is 1.26 bits per heavy atom. The Bertz CT molecular complexity index is 840. The second-order valence-corrected chi connectivity index (χ2v) is 4.32. The molecular weight excluding hydrogens is 246 g/mol. The van der Waals surface area contributed by atoms with Crippen molar-refractivity contribution in [2.45, 2.75) is 13.5 Å². The van der Waals surface area contributed by atoms with Crippen LogP contribution in [0.2, 0.25) is 0 Å². The third-order valence-corrected chi connectivity index (χ3v) is 2.97. The van der Waals surface area contributed by atoms with E-state index in [1.807, 2.05) is 0 Å². The van der Waals surface area contributed by atoms with Crippen LogP contribution in [0.25, 0.3) is 11.0 Å². The molecule has 96 valence electrons. The molecule has 0 bridgehead atoms. The number of rotatable bonds is 2. The summed E-state index contributed by atoms with van der Waals surface area (Å²) in [7, 11) is 0. The molecule has 0 spiro atoms. The van der Waals surface area contributed by atoms with E-state index in [2.05, 4.69) is 0 Å². The molecule has 3 rings (SSSR count). The van der Waals surface area contributed by atoms with Gasteiger partial charge in [-0.3, -0.25) is 4.79 Å². The van der Waals surface area contributed by atoms with Crippen molar-refractivity contribution in [3.63, 3.8) is 0 Å². The van der Waals surface area contributed by atoms with Gasteiger partial charge in [-0.25, -0.2) is 4.79 Å². The largest absolute Gasteiger partial charge is 0.467 e. The zero-order valence-electron chi connectivity index (χ0n) is 10.3. The molecule has 3 heterocycles. The third-order valence-electron chi connectivity index (χ3n) is 2.97. The van der Waals surface area contributed by atoms with Crippen molar-refractivity contribution in [2.75, 3.05) is 0 Å². The maximum atomic E-state index is 12.3.